The van der Waals surface area contributed by atoms with Crippen LogP contribution >= 0.6 is 23.3 Å². The van der Waals surface area contributed by atoms with Crippen LogP contribution in [0.3, 0.4) is 0 Å². The van der Waals surface area contributed by atoms with Gasteiger partial charge in [-0.3, -0.25) is 0 Å². The zero-order chi connectivity index (χ0) is 13.3. The Morgan fingerprint density at radius 1 is 1.33 bits per heavy atom. The van der Waals surface area contributed by atoms with E-state index in [1.54, 1.807) is 0 Å². The minimum Gasteiger partial charge on any atom is -0.382 e. The van der Waals surface area contributed by atoms with Gasteiger partial charge < -0.3 is 5.11 Å². The van der Waals surface area contributed by atoms with Crippen LogP contribution in [-0.2, 0) is 6.18 Å². The number of nitrogens with zero attached hydrogens (tertiary/aromatic N) is 3. The summed E-state index contributed by atoms with van der Waals surface area (Å²) >= 11 is 6.50. The van der Waals surface area contributed by atoms with Crippen molar-refractivity contribution in [3.63, 3.8) is 0 Å². The Bertz CT molecular complexity index is 546. The van der Waals surface area contributed by atoms with Crippen molar-refractivity contribution in [2.75, 3.05) is 0 Å². The topological polar surface area (TPSA) is 58.9 Å². The molecule has 0 fully saturated rings. The fourth-order valence-corrected chi connectivity index (χ4v) is 1.96. The number of aromatic nitrogens is 3. The molecular weight excluding hydrogens is 291 g/mol. The first kappa shape index (κ1) is 13.2. The molecule has 2 aromatic rings. The van der Waals surface area contributed by atoms with E-state index in [2.05, 4.69) is 13.7 Å². The quantitative estimate of drug-likeness (QED) is 0.866. The Balaban J connectivity index is 2.36. The molecule has 0 saturated heterocycles. The first-order valence-corrected chi connectivity index (χ1v) is 5.69. The van der Waals surface area contributed by atoms with Gasteiger partial charge in [0.15, 0.2) is 0 Å². The summed E-state index contributed by atoms with van der Waals surface area (Å²) in [5, 5.41) is 9.44. The average Bonchev–Trinajstić information content (AvgIpc) is 2.80. The van der Waals surface area contributed by atoms with Crippen molar-refractivity contribution in [3.05, 3.63) is 40.4 Å². The number of hydrogen-bond donors (Lipinski definition) is 1. The molecule has 0 amide bonds. The number of pyridine rings is 1. The van der Waals surface area contributed by atoms with Gasteiger partial charge in [-0.1, -0.05) is 17.7 Å². The lowest BCUT2D eigenvalue weighted by Crippen LogP contribution is -2.10. The molecule has 0 aliphatic rings. The van der Waals surface area contributed by atoms with Crippen molar-refractivity contribution in [2.24, 2.45) is 0 Å². The van der Waals surface area contributed by atoms with Crippen molar-refractivity contribution in [3.8, 4) is 0 Å². The molecule has 0 saturated carbocycles. The molecule has 0 radical (unpaired) electrons. The van der Waals surface area contributed by atoms with Crippen LogP contribution < -0.4 is 0 Å². The molecule has 0 spiro atoms. The second-order valence-corrected chi connectivity index (χ2v) is 4.22. The Kier molecular flexibility index (Phi) is 3.51. The lowest BCUT2D eigenvalue weighted by molar-refractivity contribution is -0.141. The smallest absolute Gasteiger partial charge is 0.382 e. The first-order valence-electron chi connectivity index (χ1n) is 4.59. The van der Waals surface area contributed by atoms with Gasteiger partial charge in [0.1, 0.15) is 22.6 Å². The normalized spacial score (nSPS) is 13.6. The van der Waals surface area contributed by atoms with Gasteiger partial charge in [0.05, 0.1) is 17.9 Å². The maximum atomic E-state index is 12.4. The minimum atomic E-state index is -4.57. The molecule has 0 aliphatic carbocycles. The zero-order valence-electron chi connectivity index (χ0n) is 8.52. The average molecular weight is 296 g/mol. The van der Waals surface area contributed by atoms with E-state index in [9.17, 15) is 18.3 Å². The van der Waals surface area contributed by atoms with Crippen molar-refractivity contribution >= 4 is 23.3 Å². The highest BCUT2D eigenvalue weighted by Crippen LogP contribution is 2.32. The van der Waals surface area contributed by atoms with Crippen LogP contribution in [0, 0.1) is 0 Å². The Morgan fingerprint density at radius 2 is 2.06 bits per heavy atom. The lowest BCUT2D eigenvalue weighted by Gasteiger charge is -2.11. The summed E-state index contributed by atoms with van der Waals surface area (Å²) in [5.41, 5.74) is -0.847. The number of rotatable bonds is 2. The summed E-state index contributed by atoms with van der Waals surface area (Å²) < 4.78 is 44.6. The molecule has 1 N–H and O–H groups in total. The molecule has 1 atom stereocenters. The molecule has 2 aromatic heterocycles. The molecule has 4 nitrogen and oxygen atoms in total. The van der Waals surface area contributed by atoms with Crippen LogP contribution in [0.5, 0.6) is 0 Å². The maximum Gasteiger partial charge on any atom is 0.433 e. The molecule has 0 aliphatic heterocycles. The highest BCUT2D eigenvalue weighted by atomic mass is 35.5. The number of aliphatic hydroxyl groups is 1. The largest absolute Gasteiger partial charge is 0.433 e. The number of halogens is 4. The predicted octanol–water partition coefficient (Wildman–Crippen LogP) is 2.69. The molecule has 1 unspecified atom stereocenters. The van der Waals surface area contributed by atoms with Crippen molar-refractivity contribution in [1.82, 2.24) is 13.7 Å². The molecule has 0 aromatic carbocycles. The maximum absolute atomic E-state index is 12.4. The van der Waals surface area contributed by atoms with Gasteiger partial charge in [0.2, 0.25) is 0 Å². The summed E-state index contributed by atoms with van der Waals surface area (Å²) in [6, 6.07) is 1.83. The van der Waals surface area contributed by atoms with Crippen molar-refractivity contribution < 1.29 is 18.3 Å². The second kappa shape index (κ2) is 4.79. The van der Waals surface area contributed by atoms with E-state index in [-0.39, 0.29) is 11.3 Å². The van der Waals surface area contributed by atoms with E-state index in [1.165, 1.54) is 6.20 Å². The fraction of sp³-hybridized carbons (Fsp3) is 0.222. The van der Waals surface area contributed by atoms with Gasteiger partial charge in [-0.15, -0.1) is 0 Å². The number of aliphatic hydroxyl groups excluding tert-OH is 1. The van der Waals surface area contributed by atoms with E-state index in [4.69, 9.17) is 11.6 Å². The van der Waals surface area contributed by atoms with Gasteiger partial charge in [-0.25, -0.2) is 4.98 Å². The Hall–Kier alpha value is -1.25. The molecule has 18 heavy (non-hydrogen) atoms. The first-order chi connectivity index (χ1) is 8.39. The van der Waals surface area contributed by atoms with E-state index in [0.717, 1.165) is 23.9 Å². The molecule has 2 heterocycles. The third-order valence-electron chi connectivity index (χ3n) is 2.12. The molecule has 0 bridgehead atoms. The van der Waals surface area contributed by atoms with E-state index in [1.807, 2.05) is 0 Å². The van der Waals surface area contributed by atoms with Crippen molar-refractivity contribution in [1.29, 1.82) is 0 Å². The van der Waals surface area contributed by atoms with Crippen LogP contribution in [0.1, 0.15) is 23.1 Å². The monoisotopic (exact) mass is 295 g/mol. The summed E-state index contributed by atoms with van der Waals surface area (Å²) in [5.74, 6) is 0. The zero-order valence-corrected chi connectivity index (χ0v) is 10.1. The summed E-state index contributed by atoms with van der Waals surface area (Å²) in [4.78, 5) is 3.21. The van der Waals surface area contributed by atoms with Crippen LogP contribution in [0.25, 0.3) is 0 Å². The van der Waals surface area contributed by atoms with E-state index < -0.39 is 23.1 Å². The Labute approximate surface area is 108 Å². The Morgan fingerprint density at radius 3 is 2.56 bits per heavy atom. The fourth-order valence-electron chi connectivity index (χ4n) is 1.26. The summed E-state index contributed by atoms with van der Waals surface area (Å²) in [6.07, 6.45) is -4.51. The summed E-state index contributed by atoms with van der Waals surface area (Å²) in [6.45, 7) is 0. The van der Waals surface area contributed by atoms with Gasteiger partial charge in [-0.05, 0) is 6.07 Å². The van der Waals surface area contributed by atoms with Gasteiger partial charge in [-0.2, -0.15) is 21.9 Å². The highest BCUT2D eigenvalue weighted by Gasteiger charge is 2.33. The van der Waals surface area contributed by atoms with Crippen molar-refractivity contribution in [2.45, 2.75) is 12.3 Å². The number of alkyl halides is 3. The standard InChI is InChI=1S/C9H5ClF3N3OS/c10-8-4(7(17)5-3-14-18-16-5)1-2-6(15-8)9(11,12)13/h1-3,7,17H. The summed E-state index contributed by atoms with van der Waals surface area (Å²) in [7, 11) is 0. The van der Waals surface area contributed by atoms with Gasteiger partial charge >= 0.3 is 6.18 Å². The van der Waals surface area contributed by atoms with Gasteiger partial charge in [0, 0.05) is 5.56 Å². The SMILES string of the molecule is OC(c1cnsn1)c1ccc(C(F)(F)F)nc1Cl. The molecule has 2 rings (SSSR count). The number of hydrogen-bond acceptors (Lipinski definition) is 5. The van der Waals surface area contributed by atoms with E-state index in [0.29, 0.717) is 0 Å². The van der Waals surface area contributed by atoms with Gasteiger partial charge in [0.25, 0.3) is 0 Å². The third-order valence-corrected chi connectivity index (χ3v) is 2.92. The predicted molar refractivity (Wildman–Crippen MR) is 58.2 cm³/mol. The van der Waals surface area contributed by atoms with E-state index >= 15 is 0 Å². The van der Waals surface area contributed by atoms with Crippen LogP contribution in [0.4, 0.5) is 13.2 Å². The lowest BCUT2D eigenvalue weighted by atomic mass is 10.1. The molecular formula is C9H5ClF3N3OS. The second-order valence-electron chi connectivity index (χ2n) is 3.31. The molecule has 96 valence electrons. The van der Waals surface area contributed by atoms with Crippen LogP contribution in [-0.4, -0.2) is 18.8 Å². The third kappa shape index (κ3) is 2.60. The minimum absolute atomic E-state index is 0.0531. The van der Waals surface area contributed by atoms with Crippen LogP contribution in [0.15, 0.2) is 18.3 Å². The van der Waals surface area contributed by atoms with Crippen LogP contribution in [0.2, 0.25) is 5.15 Å². The molecule has 9 heteroatoms. The highest BCUT2D eigenvalue weighted by molar-refractivity contribution is 6.99.